The van der Waals surface area contributed by atoms with Gasteiger partial charge in [-0.15, -0.1) is 11.3 Å². The fraction of sp³-hybridized carbons (Fsp3) is 0.200. The number of rotatable bonds is 7. The van der Waals surface area contributed by atoms with Gasteiger partial charge in [0.15, 0.2) is 5.13 Å². The molecule has 5 rings (SSSR count). The predicted octanol–water partition coefficient (Wildman–Crippen LogP) is 7.96. The quantitative estimate of drug-likeness (QED) is 0.262. The standard InChI is InChI=1S/C30H26FNO4S/c1-18-5-3-4-6-24(18)19(2)36-29(35)32-25-17-26(31)37-27(25)22-9-7-20(8-10-22)21-11-13-23(14-12-21)30(15-16-30)28(33)34/h3-14,17,19H,15-16H2,1-2H3,(H,32,35)(H,33,34). The minimum atomic E-state index is -0.772. The van der Waals surface area contributed by atoms with Crippen LogP contribution in [0.2, 0.25) is 0 Å². The Bertz CT molecular complexity index is 1460. The van der Waals surface area contributed by atoms with Crippen molar-refractivity contribution in [1.82, 2.24) is 0 Å². The number of hydrogen-bond acceptors (Lipinski definition) is 4. The zero-order valence-electron chi connectivity index (χ0n) is 20.5. The molecule has 0 spiro atoms. The maximum absolute atomic E-state index is 14.2. The van der Waals surface area contributed by atoms with Crippen molar-refractivity contribution in [3.63, 3.8) is 0 Å². The first-order chi connectivity index (χ1) is 17.8. The number of ether oxygens (including phenoxy) is 1. The number of carbonyl (C=O) groups excluding carboxylic acids is 1. The molecule has 2 N–H and O–H groups in total. The molecule has 1 unspecified atom stereocenters. The summed E-state index contributed by atoms with van der Waals surface area (Å²) in [5.41, 5.74) is 5.06. The van der Waals surface area contributed by atoms with Gasteiger partial charge in [-0.05, 0) is 60.1 Å². The van der Waals surface area contributed by atoms with Crippen molar-refractivity contribution in [2.24, 2.45) is 0 Å². The number of aryl methyl sites for hydroxylation is 1. The van der Waals surface area contributed by atoms with Gasteiger partial charge in [-0.25, -0.2) is 4.79 Å². The number of carboxylic acids is 1. The highest BCUT2D eigenvalue weighted by atomic mass is 32.1. The van der Waals surface area contributed by atoms with Gasteiger partial charge in [-0.2, -0.15) is 4.39 Å². The molecule has 1 aliphatic carbocycles. The number of hydrogen-bond donors (Lipinski definition) is 2. The largest absolute Gasteiger partial charge is 0.481 e. The summed E-state index contributed by atoms with van der Waals surface area (Å²) in [6.07, 6.45) is 0.232. The Morgan fingerprint density at radius 2 is 1.57 bits per heavy atom. The van der Waals surface area contributed by atoms with Gasteiger partial charge in [0.25, 0.3) is 0 Å². The Balaban J connectivity index is 1.30. The number of carbonyl (C=O) groups is 2. The molecule has 0 aliphatic heterocycles. The van der Waals surface area contributed by atoms with E-state index in [0.29, 0.717) is 23.4 Å². The monoisotopic (exact) mass is 515 g/mol. The second kappa shape index (κ2) is 9.82. The van der Waals surface area contributed by atoms with E-state index in [-0.39, 0.29) is 0 Å². The van der Waals surface area contributed by atoms with Crippen LogP contribution in [0.3, 0.4) is 0 Å². The summed E-state index contributed by atoms with van der Waals surface area (Å²) < 4.78 is 19.8. The molecule has 0 bridgehead atoms. The second-order valence-corrected chi connectivity index (χ2v) is 10.4. The van der Waals surface area contributed by atoms with Crippen molar-refractivity contribution in [3.8, 4) is 21.6 Å². The van der Waals surface area contributed by atoms with Gasteiger partial charge in [0.1, 0.15) is 6.10 Å². The number of carboxylic acid groups (broad SMARTS) is 1. The number of amides is 1. The van der Waals surface area contributed by atoms with E-state index in [4.69, 9.17) is 4.74 Å². The second-order valence-electron chi connectivity index (χ2n) is 9.36. The smallest absolute Gasteiger partial charge is 0.412 e. The third kappa shape index (κ3) is 5.00. The molecule has 1 atom stereocenters. The van der Waals surface area contributed by atoms with Crippen molar-refractivity contribution in [2.45, 2.75) is 38.2 Å². The van der Waals surface area contributed by atoms with Crippen molar-refractivity contribution in [3.05, 3.63) is 101 Å². The third-order valence-electron chi connectivity index (χ3n) is 6.93. The minimum Gasteiger partial charge on any atom is -0.481 e. The molecule has 1 aliphatic rings. The van der Waals surface area contributed by atoms with E-state index >= 15 is 0 Å². The molecule has 37 heavy (non-hydrogen) atoms. The highest BCUT2D eigenvalue weighted by Gasteiger charge is 2.51. The van der Waals surface area contributed by atoms with Crippen LogP contribution in [0, 0.1) is 12.1 Å². The molecule has 0 radical (unpaired) electrons. The Morgan fingerprint density at radius 1 is 0.973 bits per heavy atom. The number of aliphatic carboxylic acids is 1. The first-order valence-electron chi connectivity index (χ1n) is 12.0. The molecule has 1 heterocycles. The van der Waals surface area contributed by atoms with E-state index in [2.05, 4.69) is 5.32 Å². The number of anilines is 1. The molecular weight excluding hydrogens is 489 g/mol. The SMILES string of the molecule is Cc1ccccc1C(C)OC(=O)Nc1cc(F)sc1-c1ccc(-c2ccc(C3(C(=O)O)CC3)cc2)cc1. The van der Waals surface area contributed by atoms with Crippen LogP contribution >= 0.6 is 11.3 Å². The lowest BCUT2D eigenvalue weighted by atomic mass is 9.93. The third-order valence-corrected chi connectivity index (χ3v) is 7.90. The average Bonchev–Trinajstić information content (AvgIpc) is 3.62. The van der Waals surface area contributed by atoms with E-state index in [1.165, 1.54) is 6.07 Å². The van der Waals surface area contributed by atoms with Crippen LogP contribution in [-0.4, -0.2) is 17.2 Å². The summed E-state index contributed by atoms with van der Waals surface area (Å²) in [6.45, 7) is 3.76. The van der Waals surface area contributed by atoms with Gasteiger partial charge in [-0.3, -0.25) is 10.1 Å². The molecule has 1 fully saturated rings. The van der Waals surface area contributed by atoms with Crippen molar-refractivity contribution in [1.29, 1.82) is 0 Å². The Labute approximate surface area is 218 Å². The molecule has 188 valence electrons. The van der Waals surface area contributed by atoms with Gasteiger partial charge in [0, 0.05) is 6.07 Å². The van der Waals surface area contributed by atoms with Crippen LogP contribution in [-0.2, 0) is 14.9 Å². The lowest BCUT2D eigenvalue weighted by molar-refractivity contribution is -0.140. The summed E-state index contributed by atoms with van der Waals surface area (Å²) in [5, 5.41) is 11.8. The van der Waals surface area contributed by atoms with Crippen LogP contribution < -0.4 is 5.32 Å². The van der Waals surface area contributed by atoms with E-state index < -0.39 is 28.7 Å². The van der Waals surface area contributed by atoms with Crippen LogP contribution in [0.15, 0.2) is 78.9 Å². The van der Waals surface area contributed by atoms with E-state index in [1.54, 1.807) is 6.92 Å². The lowest BCUT2D eigenvalue weighted by Gasteiger charge is -2.16. The topological polar surface area (TPSA) is 75.6 Å². The summed E-state index contributed by atoms with van der Waals surface area (Å²) >= 11 is 0.951. The number of benzene rings is 3. The number of thiophene rings is 1. The Kier molecular flexibility index (Phi) is 6.56. The van der Waals surface area contributed by atoms with E-state index in [1.807, 2.05) is 79.7 Å². The molecule has 1 saturated carbocycles. The highest BCUT2D eigenvalue weighted by molar-refractivity contribution is 7.14. The van der Waals surface area contributed by atoms with E-state index in [9.17, 15) is 19.1 Å². The lowest BCUT2D eigenvalue weighted by Crippen LogP contribution is -2.19. The van der Waals surface area contributed by atoms with Crippen LogP contribution in [0.4, 0.5) is 14.9 Å². The Hall–Kier alpha value is -3.97. The molecule has 1 amide bonds. The zero-order valence-corrected chi connectivity index (χ0v) is 21.3. The summed E-state index contributed by atoms with van der Waals surface area (Å²) in [6, 6.07) is 24.2. The summed E-state index contributed by atoms with van der Waals surface area (Å²) in [5.74, 6) is -0.772. The van der Waals surface area contributed by atoms with Gasteiger partial charge in [-0.1, -0.05) is 72.8 Å². The highest BCUT2D eigenvalue weighted by Crippen LogP contribution is 2.48. The van der Waals surface area contributed by atoms with Crippen LogP contribution in [0.25, 0.3) is 21.6 Å². The van der Waals surface area contributed by atoms with Gasteiger partial charge < -0.3 is 9.84 Å². The van der Waals surface area contributed by atoms with Gasteiger partial charge >= 0.3 is 12.1 Å². The zero-order chi connectivity index (χ0) is 26.2. The fourth-order valence-corrected chi connectivity index (χ4v) is 5.47. The van der Waals surface area contributed by atoms with Crippen LogP contribution in [0.5, 0.6) is 0 Å². The maximum Gasteiger partial charge on any atom is 0.412 e. The molecule has 3 aromatic carbocycles. The molecule has 1 aromatic heterocycles. The fourth-order valence-electron chi connectivity index (χ4n) is 4.62. The summed E-state index contributed by atoms with van der Waals surface area (Å²) in [7, 11) is 0. The Morgan fingerprint density at radius 3 is 2.16 bits per heavy atom. The average molecular weight is 516 g/mol. The number of halogens is 1. The molecular formula is C30H26FNO4S. The van der Waals surface area contributed by atoms with Gasteiger partial charge in [0.2, 0.25) is 0 Å². The molecule has 4 aromatic rings. The normalized spacial score (nSPS) is 14.6. The predicted molar refractivity (Wildman–Crippen MR) is 143 cm³/mol. The van der Waals surface area contributed by atoms with Crippen molar-refractivity contribution >= 4 is 29.1 Å². The number of nitrogens with one attached hydrogen (secondary N) is 1. The molecule has 0 saturated heterocycles. The van der Waals surface area contributed by atoms with Crippen molar-refractivity contribution < 1.29 is 23.8 Å². The molecule has 5 nitrogen and oxygen atoms in total. The first-order valence-corrected chi connectivity index (χ1v) is 12.9. The first kappa shape index (κ1) is 24.7. The van der Waals surface area contributed by atoms with Crippen LogP contribution in [0.1, 0.15) is 42.6 Å². The maximum atomic E-state index is 14.2. The summed E-state index contributed by atoms with van der Waals surface area (Å²) in [4.78, 5) is 24.8. The van der Waals surface area contributed by atoms with Crippen molar-refractivity contribution in [2.75, 3.05) is 5.32 Å². The molecule has 7 heteroatoms. The van der Waals surface area contributed by atoms with E-state index in [0.717, 1.165) is 44.7 Å². The van der Waals surface area contributed by atoms with Gasteiger partial charge in [0.05, 0.1) is 16.0 Å². The minimum absolute atomic E-state index is 0.352.